The maximum absolute atomic E-state index is 12.8. The zero-order valence-corrected chi connectivity index (χ0v) is 16.6. The third-order valence-corrected chi connectivity index (χ3v) is 4.82. The van der Waals surface area contributed by atoms with Crippen molar-refractivity contribution in [1.29, 1.82) is 0 Å². The fraction of sp³-hybridized carbons (Fsp3) is 0.579. The summed E-state index contributed by atoms with van der Waals surface area (Å²) in [4.78, 5) is 23.8. The summed E-state index contributed by atoms with van der Waals surface area (Å²) < 4.78 is 21.4. The number of rotatable bonds is 10. The van der Waals surface area contributed by atoms with Crippen molar-refractivity contribution in [3.05, 3.63) is 17.7 Å². The van der Waals surface area contributed by atoms with Crippen LogP contribution < -0.4 is 30.6 Å². The van der Waals surface area contributed by atoms with Gasteiger partial charge < -0.3 is 35.3 Å². The highest BCUT2D eigenvalue weighted by molar-refractivity contribution is 5.95. The molecule has 0 saturated carbocycles. The standard InChI is InChI=1S/C19H29N3O6/c1-25-12-19(4-6-21-7-5-19)11-22-18(24)13-8-14(26-2)17(15(9-13)27-3)28-10-16(20)23/h8-9,21H,4-7,10-12H2,1-3H3,(H2,20,23)(H,22,24). The number of benzene rings is 1. The molecule has 0 atom stereocenters. The highest BCUT2D eigenvalue weighted by atomic mass is 16.5. The fourth-order valence-electron chi connectivity index (χ4n) is 3.30. The molecule has 156 valence electrons. The van der Waals surface area contributed by atoms with Gasteiger partial charge in [-0.15, -0.1) is 0 Å². The van der Waals surface area contributed by atoms with Crippen molar-refractivity contribution < 1.29 is 28.5 Å². The third kappa shape index (κ3) is 5.49. The van der Waals surface area contributed by atoms with Gasteiger partial charge >= 0.3 is 0 Å². The quantitative estimate of drug-likeness (QED) is 0.521. The van der Waals surface area contributed by atoms with E-state index in [0.717, 1.165) is 25.9 Å². The number of hydrogen-bond acceptors (Lipinski definition) is 7. The first kappa shape index (κ1) is 21.8. The molecule has 1 aliphatic heterocycles. The maximum Gasteiger partial charge on any atom is 0.255 e. The van der Waals surface area contributed by atoms with Crippen LogP contribution in [0.15, 0.2) is 12.1 Å². The second kappa shape index (κ2) is 10.1. The van der Waals surface area contributed by atoms with Crippen LogP contribution in [0.1, 0.15) is 23.2 Å². The molecule has 4 N–H and O–H groups in total. The molecule has 9 nitrogen and oxygen atoms in total. The van der Waals surface area contributed by atoms with Crippen molar-refractivity contribution in [2.45, 2.75) is 12.8 Å². The van der Waals surface area contributed by atoms with Gasteiger partial charge in [-0.3, -0.25) is 9.59 Å². The van der Waals surface area contributed by atoms with Crippen LogP contribution in [0.5, 0.6) is 17.2 Å². The molecule has 1 saturated heterocycles. The van der Waals surface area contributed by atoms with Crippen LogP contribution >= 0.6 is 0 Å². The molecule has 1 aromatic rings. The van der Waals surface area contributed by atoms with E-state index in [2.05, 4.69) is 10.6 Å². The first-order chi connectivity index (χ1) is 13.4. The Morgan fingerprint density at radius 1 is 1.14 bits per heavy atom. The molecule has 2 amide bonds. The second-order valence-corrected chi connectivity index (χ2v) is 6.83. The summed E-state index contributed by atoms with van der Waals surface area (Å²) in [6.07, 6.45) is 1.85. The molecular weight excluding hydrogens is 366 g/mol. The van der Waals surface area contributed by atoms with Gasteiger partial charge in [-0.2, -0.15) is 0 Å². The van der Waals surface area contributed by atoms with Crippen molar-refractivity contribution in [2.24, 2.45) is 11.1 Å². The van der Waals surface area contributed by atoms with E-state index in [1.165, 1.54) is 14.2 Å². The highest BCUT2D eigenvalue weighted by Gasteiger charge is 2.32. The Morgan fingerprint density at radius 3 is 2.25 bits per heavy atom. The van der Waals surface area contributed by atoms with Gasteiger partial charge in [-0.25, -0.2) is 0 Å². The van der Waals surface area contributed by atoms with Gasteiger partial charge in [0.25, 0.3) is 11.8 Å². The molecule has 1 aliphatic rings. The number of piperidine rings is 1. The van der Waals surface area contributed by atoms with Crippen molar-refractivity contribution >= 4 is 11.8 Å². The minimum Gasteiger partial charge on any atom is -0.493 e. The molecule has 0 aromatic heterocycles. The van der Waals surface area contributed by atoms with Crippen LogP contribution in [0, 0.1) is 5.41 Å². The largest absolute Gasteiger partial charge is 0.493 e. The van der Waals surface area contributed by atoms with E-state index in [-0.39, 0.29) is 35.2 Å². The Hall–Kier alpha value is -2.52. The first-order valence-corrected chi connectivity index (χ1v) is 9.09. The van der Waals surface area contributed by atoms with Crippen molar-refractivity contribution in [3.63, 3.8) is 0 Å². The van der Waals surface area contributed by atoms with Gasteiger partial charge in [0, 0.05) is 24.6 Å². The van der Waals surface area contributed by atoms with Crippen LogP contribution in [0.3, 0.4) is 0 Å². The number of nitrogens with two attached hydrogens (primary N) is 1. The number of amides is 2. The molecule has 28 heavy (non-hydrogen) atoms. The predicted octanol–water partition coefficient (Wildman–Crippen LogP) is 0.314. The molecular formula is C19H29N3O6. The molecule has 0 bridgehead atoms. The van der Waals surface area contributed by atoms with Crippen molar-refractivity contribution in [1.82, 2.24) is 10.6 Å². The summed E-state index contributed by atoms with van der Waals surface area (Å²) in [5, 5.41) is 6.32. The number of nitrogens with one attached hydrogen (secondary N) is 2. The Kier molecular flexibility index (Phi) is 7.89. The Labute approximate surface area is 164 Å². The molecule has 2 rings (SSSR count). The van der Waals surface area contributed by atoms with E-state index in [0.29, 0.717) is 18.7 Å². The summed E-state index contributed by atoms with van der Waals surface area (Å²) in [6, 6.07) is 3.08. The average molecular weight is 395 g/mol. The molecule has 0 spiro atoms. The van der Waals surface area contributed by atoms with Crippen molar-refractivity contribution in [3.8, 4) is 17.2 Å². The maximum atomic E-state index is 12.8. The summed E-state index contributed by atoms with van der Waals surface area (Å²) >= 11 is 0. The SMILES string of the molecule is COCC1(CNC(=O)c2cc(OC)c(OCC(N)=O)c(OC)c2)CCNCC1. The second-order valence-electron chi connectivity index (χ2n) is 6.83. The topological polar surface area (TPSA) is 121 Å². The lowest BCUT2D eigenvalue weighted by Crippen LogP contribution is -2.47. The molecule has 9 heteroatoms. The van der Waals surface area contributed by atoms with Gasteiger partial charge in [0.15, 0.2) is 18.1 Å². The number of carbonyl (C=O) groups excluding carboxylic acids is 2. The zero-order chi connectivity index (χ0) is 20.6. The normalized spacial score (nSPS) is 15.5. The molecule has 1 fully saturated rings. The van der Waals surface area contributed by atoms with E-state index >= 15 is 0 Å². The fourth-order valence-corrected chi connectivity index (χ4v) is 3.30. The Morgan fingerprint density at radius 2 is 1.75 bits per heavy atom. The van der Waals surface area contributed by atoms with E-state index < -0.39 is 5.91 Å². The molecule has 0 radical (unpaired) electrons. The van der Waals surface area contributed by atoms with Gasteiger partial charge in [-0.1, -0.05) is 0 Å². The van der Waals surface area contributed by atoms with E-state index in [4.69, 9.17) is 24.7 Å². The third-order valence-electron chi connectivity index (χ3n) is 4.82. The van der Waals surface area contributed by atoms with Gasteiger partial charge in [0.05, 0.1) is 20.8 Å². The minimum atomic E-state index is -0.628. The molecule has 0 aliphatic carbocycles. The van der Waals surface area contributed by atoms with E-state index in [1.54, 1.807) is 19.2 Å². The lowest BCUT2D eigenvalue weighted by atomic mass is 9.79. The molecule has 0 unspecified atom stereocenters. The minimum absolute atomic E-state index is 0.0889. The van der Waals surface area contributed by atoms with Crippen LogP contribution in [-0.4, -0.2) is 66.0 Å². The summed E-state index contributed by atoms with van der Waals surface area (Å²) in [5.41, 5.74) is 5.40. The Balaban J connectivity index is 2.16. The first-order valence-electron chi connectivity index (χ1n) is 9.09. The Bertz CT molecular complexity index is 658. The van der Waals surface area contributed by atoms with E-state index in [9.17, 15) is 9.59 Å². The average Bonchev–Trinajstić information content (AvgIpc) is 2.70. The monoisotopic (exact) mass is 395 g/mol. The van der Waals surface area contributed by atoms with Crippen LogP contribution in [-0.2, 0) is 9.53 Å². The van der Waals surface area contributed by atoms with Crippen LogP contribution in [0.4, 0.5) is 0 Å². The van der Waals surface area contributed by atoms with Gasteiger partial charge in [-0.05, 0) is 38.1 Å². The van der Waals surface area contributed by atoms with Crippen LogP contribution in [0.25, 0.3) is 0 Å². The van der Waals surface area contributed by atoms with Gasteiger partial charge in [0.2, 0.25) is 5.75 Å². The van der Waals surface area contributed by atoms with Crippen LogP contribution in [0.2, 0.25) is 0 Å². The number of methoxy groups -OCH3 is 3. The number of carbonyl (C=O) groups is 2. The number of ether oxygens (including phenoxy) is 4. The lowest BCUT2D eigenvalue weighted by molar-refractivity contribution is -0.120. The molecule has 1 aromatic carbocycles. The van der Waals surface area contributed by atoms with E-state index in [1.807, 2.05) is 0 Å². The molecule has 1 heterocycles. The summed E-state index contributed by atoms with van der Waals surface area (Å²) in [7, 11) is 4.55. The lowest BCUT2D eigenvalue weighted by Gasteiger charge is -2.37. The smallest absolute Gasteiger partial charge is 0.255 e. The number of hydrogen-bond donors (Lipinski definition) is 3. The summed E-state index contributed by atoms with van der Waals surface area (Å²) in [5.74, 6) is -0.114. The highest BCUT2D eigenvalue weighted by Crippen LogP contribution is 2.38. The summed E-state index contributed by atoms with van der Waals surface area (Å²) in [6.45, 7) is 2.55. The zero-order valence-electron chi connectivity index (χ0n) is 16.6. The predicted molar refractivity (Wildman–Crippen MR) is 103 cm³/mol. The van der Waals surface area contributed by atoms with Crippen molar-refractivity contribution in [2.75, 3.05) is 54.2 Å². The number of primary amides is 1. The van der Waals surface area contributed by atoms with Gasteiger partial charge in [0.1, 0.15) is 0 Å².